The van der Waals surface area contributed by atoms with Crippen LogP contribution in [0.3, 0.4) is 0 Å². The first-order chi connectivity index (χ1) is 13.6. The second kappa shape index (κ2) is 9.59. The number of hydrogen-bond donors (Lipinski definition) is 1. The van der Waals surface area contributed by atoms with E-state index in [0.29, 0.717) is 5.75 Å². The summed E-state index contributed by atoms with van der Waals surface area (Å²) in [5, 5.41) is 3.95. The summed E-state index contributed by atoms with van der Waals surface area (Å²) < 4.78 is 10.7. The number of nitrogens with one attached hydrogen (secondary N) is 1. The smallest absolute Gasteiger partial charge is 0.277 e. The van der Waals surface area contributed by atoms with Crippen molar-refractivity contribution < 1.29 is 14.3 Å². The van der Waals surface area contributed by atoms with Crippen LogP contribution in [0.5, 0.6) is 11.5 Å². The normalized spacial score (nSPS) is 12.1. The Hall–Kier alpha value is -2.82. The molecule has 0 radical (unpaired) electrons. The van der Waals surface area contributed by atoms with Crippen LogP contribution in [0.1, 0.15) is 52.2 Å². The first-order valence-corrected chi connectivity index (χ1v) is 9.78. The van der Waals surface area contributed by atoms with Gasteiger partial charge in [-0.05, 0) is 52.6 Å². The van der Waals surface area contributed by atoms with E-state index in [-0.39, 0.29) is 23.3 Å². The zero-order valence-corrected chi connectivity index (χ0v) is 18.3. The van der Waals surface area contributed by atoms with Crippen molar-refractivity contribution in [3.63, 3.8) is 0 Å². The van der Waals surface area contributed by atoms with Gasteiger partial charge in [0.1, 0.15) is 11.5 Å². The maximum atomic E-state index is 11.9. The molecule has 0 aromatic heterocycles. The quantitative estimate of drug-likeness (QED) is 0.508. The van der Waals surface area contributed by atoms with Crippen molar-refractivity contribution in [1.29, 1.82) is 0 Å². The Morgan fingerprint density at radius 2 is 1.72 bits per heavy atom. The predicted octanol–water partition coefficient (Wildman–Crippen LogP) is 4.94. The van der Waals surface area contributed by atoms with Crippen molar-refractivity contribution >= 4 is 12.1 Å². The van der Waals surface area contributed by atoms with Gasteiger partial charge in [-0.1, -0.05) is 58.9 Å². The zero-order chi connectivity index (χ0) is 21.5. The third-order valence-corrected chi connectivity index (χ3v) is 4.47. The Morgan fingerprint density at radius 3 is 2.34 bits per heavy atom. The van der Waals surface area contributed by atoms with Crippen molar-refractivity contribution in [3.8, 4) is 11.5 Å². The molecule has 29 heavy (non-hydrogen) atoms. The molecule has 5 heteroatoms. The van der Waals surface area contributed by atoms with Crippen molar-refractivity contribution in [2.24, 2.45) is 10.5 Å². The van der Waals surface area contributed by atoms with Crippen LogP contribution in [0, 0.1) is 5.41 Å². The Labute approximate surface area is 174 Å². The number of rotatable bonds is 8. The van der Waals surface area contributed by atoms with Crippen LogP contribution in [0.4, 0.5) is 0 Å². The summed E-state index contributed by atoms with van der Waals surface area (Å²) in [7, 11) is 1.60. The van der Waals surface area contributed by atoms with Crippen molar-refractivity contribution in [2.75, 3.05) is 13.7 Å². The highest BCUT2D eigenvalue weighted by atomic mass is 16.5. The number of hydrogen-bond acceptors (Lipinski definition) is 4. The summed E-state index contributed by atoms with van der Waals surface area (Å²) in [6, 6.07) is 15.4. The average Bonchev–Trinajstić information content (AvgIpc) is 2.65. The average molecular weight is 397 g/mol. The lowest BCUT2D eigenvalue weighted by Gasteiger charge is -2.33. The highest BCUT2D eigenvalue weighted by molar-refractivity contribution is 5.83. The van der Waals surface area contributed by atoms with E-state index in [1.807, 2.05) is 36.4 Å². The number of carbonyl (C=O) groups is 1. The molecular weight excluding hydrogens is 364 g/mol. The molecule has 0 aliphatic heterocycles. The molecule has 1 amide bonds. The summed E-state index contributed by atoms with van der Waals surface area (Å²) in [6.45, 7) is 11.2. The number of carbonyl (C=O) groups excluding carboxylic acids is 1. The molecule has 0 saturated heterocycles. The number of nitrogens with zero attached hydrogens (tertiary/aromatic N) is 1. The Bertz CT molecular complexity index is 834. The van der Waals surface area contributed by atoms with Gasteiger partial charge in [-0.2, -0.15) is 5.10 Å². The third kappa shape index (κ3) is 7.60. The molecular formula is C24H32N2O3. The molecule has 0 aliphatic rings. The van der Waals surface area contributed by atoms with Gasteiger partial charge < -0.3 is 9.47 Å². The van der Waals surface area contributed by atoms with Crippen molar-refractivity contribution in [3.05, 3.63) is 59.7 Å². The minimum absolute atomic E-state index is 0.0724. The minimum atomic E-state index is -0.318. The van der Waals surface area contributed by atoms with Crippen LogP contribution >= 0.6 is 0 Å². The molecule has 0 aliphatic carbocycles. The van der Waals surface area contributed by atoms with Crippen LogP contribution in [-0.2, 0) is 10.2 Å². The van der Waals surface area contributed by atoms with Crippen LogP contribution in [0.15, 0.2) is 53.6 Å². The number of benzene rings is 2. The molecule has 0 bridgehead atoms. The maximum absolute atomic E-state index is 11.9. The summed E-state index contributed by atoms with van der Waals surface area (Å²) in [5.74, 6) is 1.08. The molecule has 0 unspecified atom stereocenters. The second-order valence-electron chi connectivity index (χ2n) is 9.00. The molecule has 5 nitrogen and oxygen atoms in total. The molecule has 2 aromatic rings. The van der Waals surface area contributed by atoms with Gasteiger partial charge in [0.25, 0.3) is 5.91 Å². The predicted molar refractivity (Wildman–Crippen MR) is 118 cm³/mol. The van der Waals surface area contributed by atoms with Crippen molar-refractivity contribution in [2.45, 2.75) is 46.5 Å². The zero-order valence-electron chi connectivity index (χ0n) is 18.3. The van der Waals surface area contributed by atoms with Gasteiger partial charge >= 0.3 is 0 Å². The monoisotopic (exact) mass is 396 g/mol. The first kappa shape index (κ1) is 22.5. The second-order valence-corrected chi connectivity index (χ2v) is 9.00. The van der Waals surface area contributed by atoms with Crippen molar-refractivity contribution in [1.82, 2.24) is 5.43 Å². The van der Waals surface area contributed by atoms with Crippen LogP contribution in [-0.4, -0.2) is 25.8 Å². The largest absolute Gasteiger partial charge is 0.497 e. The molecule has 156 valence electrons. The number of ether oxygens (including phenoxy) is 2. The van der Waals surface area contributed by atoms with Gasteiger partial charge in [0.15, 0.2) is 6.61 Å². The number of amides is 1. The Balaban J connectivity index is 1.85. The topological polar surface area (TPSA) is 59.9 Å². The Kier molecular flexibility index (Phi) is 7.43. The number of hydrazone groups is 1. The molecule has 2 aromatic carbocycles. The lowest BCUT2D eigenvalue weighted by molar-refractivity contribution is -0.123. The highest BCUT2D eigenvalue weighted by Gasteiger charge is 2.27. The summed E-state index contributed by atoms with van der Waals surface area (Å²) in [5.41, 5.74) is 4.88. The molecule has 1 N–H and O–H groups in total. The van der Waals surface area contributed by atoms with E-state index in [2.05, 4.69) is 57.3 Å². The van der Waals surface area contributed by atoms with E-state index < -0.39 is 0 Å². The summed E-state index contributed by atoms with van der Waals surface area (Å²) in [4.78, 5) is 11.9. The molecule has 0 atom stereocenters. The molecule has 0 spiro atoms. The minimum Gasteiger partial charge on any atom is -0.497 e. The van der Waals surface area contributed by atoms with E-state index in [4.69, 9.17) is 9.47 Å². The lowest BCUT2D eigenvalue weighted by Crippen LogP contribution is -2.25. The maximum Gasteiger partial charge on any atom is 0.277 e. The van der Waals surface area contributed by atoms with Gasteiger partial charge in [0.2, 0.25) is 0 Å². The fraction of sp³-hybridized carbons (Fsp3) is 0.417. The third-order valence-electron chi connectivity index (χ3n) is 4.47. The standard InChI is InChI=1S/C24H32N2O3/c1-23(2,3)17-24(4,5)19-10-12-20(13-11-19)29-16-22(27)26-25-15-18-8-7-9-21(14-18)28-6/h7-15H,16-17H2,1-6H3,(H,26,27)/b25-15-. The molecule has 2 rings (SSSR count). The van der Waals surface area contributed by atoms with Gasteiger partial charge in [-0.25, -0.2) is 5.43 Å². The first-order valence-electron chi connectivity index (χ1n) is 9.78. The van der Waals surface area contributed by atoms with E-state index in [0.717, 1.165) is 17.7 Å². The van der Waals surface area contributed by atoms with Gasteiger partial charge in [0.05, 0.1) is 13.3 Å². The number of methoxy groups -OCH3 is 1. The van der Waals surface area contributed by atoms with Crippen LogP contribution in [0.25, 0.3) is 0 Å². The SMILES string of the molecule is COc1cccc(/C=N\NC(=O)COc2ccc(C(C)(C)CC(C)(C)C)cc2)c1. The van der Waals surface area contributed by atoms with E-state index in [1.54, 1.807) is 13.3 Å². The lowest BCUT2D eigenvalue weighted by atomic mass is 9.72. The van der Waals surface area contributed by atoms with E-state index in [1.165, 1.54) is 5.56 Å². The van der Waals surface area contributed by atoms with E-state index in [9.17, 15) is 4.79 Å². The van der Waals surface area contributed by atoms with Crippen LogP contribution < -0.4 is 14.9 Å². The summed E-state index contributed by atoms with van der Waals surface area (Å²) in [6.07, 6.45) is 2.64. The summed E-state index contributed by atoms with van der Waals surface area (Å²) >= 11 is 0. The highest BCUT2D eigenvalue weighted by Crippen LogP contribution is 2.36. The molecule has 0 heterocycles. The molecule has 0 fully saturated rings. The fourth-order valence-corrected chi connectivity index (χ4v) is 3.51. The van der Waals surface area contributed by atoms with Crippen LogP contribution in [0.2, 0.25) is 0 Å². The fourth-order valence-electron chi connectivity index (χ4n) is 3.51. The Morgan fingerprint density at radius 1 is 1.03 bits per heavy atom. The molecule has 0 saturated carbocycles. The van der Waals surface area contributed by atoms with E-state index >= 15 is 0 Å². The van der Waals surface area contributed by atoms with Gasteiger partial charge in [-0.3, -0.25) is 4.79 Å². The van der Waals surface area contributed by atoms with Gasteiger partial charge in [0, 0.05) is 0 Å². The van der Waals surface area contributed by atoms with Gasteiger partial charge in [-0.15, -0.1) is 0 Å².